The molecule has 0 fully saturated rings. The van der Waals surface area contributed by atoms with Gasteiger partial charge >= 0.3 is 0 Å². The van der Waals surface area contributed by atoms with E-state index in [2.05, 4.69) is 39.2 Å². The SMILES string of the molecule is CCNC(c1cccnc1)c1cc(OC)c(OC)cc1Br. The van der Waals surface area contributed by atoms with E-state index in [0.717, 1.165) is 22.1 Å². The standard InChI is InChI=1S/C16H19BrN2O2/c1-4-19-16(11-6-5-7-18-10-11)12-8-14(20-2)15(21-3)9-13(12)17/h5-10,16,19H,4H2,1-3H3. The Kier molecular flexibility index (Phi) is 5.59. The molecule has 0 aliphatic rings. The molecule has 0 saturated carbocycles. The van der Waals surface area contributed by atoms with Crippen molar-refractivity contribution in [2.75, 3.05) is 20.8 Å². The van der Waals surface area contributed by atoms with Crippen LogP contribution in [0.1, 0.15) is 24.1 Å². The van der Waals surface area contributed by atoms with Crippen LogP contribution in [0.2, 0.25) is 0 Å². The molecule has 0 spiro atoms. The number of pyridine rings is 1. The number of nitrogens with one attached hydrogen (secondary N) is 1. The highest BCUT2D eigenvalue weighted by atomic mass is 79.9. The van der Waals surface area contributed by atoms with Crippen molar-refractivity contribution < 1.29 is 9.47 Å². The highest BCUT2D eigenvalue weighted by molar-refractivity contribution is 9.10. The molecule has 1 unspecified atom stereocenters. The van der Waals surface area contributed by atoms with Crippen LogP contribution in [0.25, 0.3) is 0 Å². The van der Waals surface area contributed by atoms with Gasteiger partial charge in [0.25, 0.3) is 0 Å². The average Bonchev–Trinajstić information content (AvgIpc) is 2.53. The van der Waals surface area contributed by atoms with Crippen LogP contribution >= 0.6 is 15.9 Å². The van der Waals surface area contributed by atoms with E-state index in [0.29, 0.717) is 11.5 Å². The molecular weight excluding hydrogens is 332 g/mol. The normalized spacial score (nSPS) is 12.0. The minimum Gasteiger partial charge on any atom is -0.493 e. The van der Waals surface area contributed by atoms with Crippen molar-refractivity contribution in [3.8, 4) is 11.5 Å². The van der Waals surface area contributed by atoms with Crippen LogP contribution in [0.4, 0.5) is 0 Å². The van der Waals surface area contributed by atoms with Crippen molar-refractivity contribution in [1.29, 1.82) is 0 Å². The number of hydrogen-bond acceptors (Lipinski definition) is 4. The van der Waals surface area contributed by atoms with Gasteiger partial charge in [-0.2, -0.15) is 0 Å². The summed E-state index contributed by atoms with van der Waals surface area (Å²) in [5, 5.41) is 3.48. The summed E-state index contributed by atoms with van der Waals surface area (Å²) in [6.45, 7) is 2.93. The summed E-state index contributed by atoms with van der Waals surface area (Å²) in [5.74, 6) is 1.41. The maximum atomic E-state index is 5.41. The second-order valence-corrected chi connectivity index (χ2v) is 5.36. The van der Waals surface area contributed by atoms with Gasteiger partial charge in [-0.1, -0.05) is 28.9 Å². The molecule has 0 amide bonds. The zero-order chi connectivity index (χ0) is 15.2. The number of nitrogens with zero attached hydrogens (tertiary/aromatic N) is 1. The van der Waals surface area contributed by atoms with E-state index >= 15 is 0 Å². The first kappa shape index (κ1) is 15.8. The van der Waals surface area contributed by atoms with Gasteiger partial charge in [0, 0.05) is 16.9 Å². The largest absolute Gasteiger partial charge is 0.493 e. The lowest BCUT2D eigenvalue weighted by molar-refractivity contribution is 0.354. The Morgan fingerprint density at radius 1 is 1.24 bits per heavy atom. The summed E-state index contributed by atoms with van der Waals surface area (Å²) >= 11 is 3.62. The fraction of sp³-hybridized carbons (Fsp3) is 0.312. The van der Waals surface area contributed by atoms with Crippen molar-refractivity contribution in [3.63, 3.8) is 0 Å². The number of methoxy groups -OCH3 is 2. The predicted octanol–water partition coefficient (Wildman–Crippen LogP) is 3.56. The van der Waals surface area contributed by atoms with Gasteiger partial charge in [-0.3, -0.25) is 4.98 Å². The maximum Gasteiger partial charge on any atom is 0.161 e. The molecule has 0 bridgehead atoms. The van der Waals surface area contributed by atoms with E-state index in [1.807, 2.05) is 24.4 Å². The van der Waals surface area contributed by atoms with Crippen LogP contribution in [0.3, 0.4) is 0 Å². The third-order valence-electron chi connectivity index (χ3n) is 3.24. The highest BCUT2D eigenvalue weighted by Gasteiger charge is 2.19. The molecule has 2 rings (SSSR count). The van der Waals surface area contributed by atoms with Crippen LogP contribution in [0.15, 0.2) is 41.1 Å². The van der Waals surface area contributed by atoms with E-state index in [1.165, 1.54) is 0 Å². The number of aromatic nitrogens is 1. The molecule has 2 aromatic rings. The van der Waals surface area contributed by atoms with Crippen LogP contribution < -0.4 is 14.8 Å². The minimum absolute atomic E-state index is 0.0397. The van der Waals surface area contributed by atoms with Gasteiger partial charge in [-0.15, -0.1) is 0 Å². The van der Waals surface area contributed by atoms with Crippen molar-refractivity contribution in [2.24, 2.45) is 0 Å². The van der Waals surface area contributed by atoms with Gasteiger partial charge < -0.3 is 14.8 Å². The van der Waals surface area contributed by atoms with E-state index in [1.54, 1.807) is 20.4 Å². The molecule has 1 aromatic carbocycles. The third kappa shape index (κ3) is 3.54. The Hall–Kier alpha value is -1.59. The Balaban J connectivity index is 2.50. The summed E-state index contributed by atoms with van der Waals surface area (Å²) in [6.07, 6.45) is 3.65. The van der Waals surface area contributed by atoms with E-state index in [9.17, 15) is 0 Å². The molecule has 0 aliphatic heterocycles. The molecule has 0 radical (unpaired) electrons. The van der Waals surface area contributed by atoms with Crippen molar-refractivity contribution in [2.45, 2.75) is 13.0 Å². The summed E-state index contributed by atoms with van der Waals surface area (Å²) in [6, 6.07) is 7.95. The smallest absolute Gasteiger partial charge is 0.161 e. The average molecular weight is 351 g/mol. The first-order valence-electron chi connectivity index (χ1n) is 6.76. The summed E-state index contributed by atoms with van der Waals surface area (Å²) < 4.78 is 11.7. The number of rotatable bonds is 6. The van der Waals surface area contributed by atoms with Gasteiger partial charge in [0.1, 0.15) is 0 Å². The van der Waals surface area contributed by atoms with Crippen LogP contribution in [0.5, 0.6) is 11.5 Å². The van der Waals surface area contributed by atoms with Gasteiger partial charge in [0.05, 0.1) is 20.3 Å². The van der Waals surface area contributed by atoms with Gasteiger partial charge in [-0.25, -0.2) is 0 Å². The number of benzene rings is 1. The molecule has 4 nitrogen and oxygen atoms in total. The van der Waals surface area contributed by atoms with E-state index in [-0.39, 0.29) is 6.04 Å². The number of hydrogen-bond donors (Lipinski definition) is 1. The first-order valence-corrected chi connectivity index (χ1v) is 7.55. The molecule has 1 heterocycles. The fourth-order valence-electron chi connectivity index (χ4n) is 2.25. The molecule has 21 heavy (non-hydrogen) atoms. The lowest BCUT2D eigenvalue weighted by Gasteiger charge is -2.21. The van der Waals surface area contributed by atoms with Gasteiger partial charge in [0.2, 0.25) is 0 Å². The lowest BCUT2D eigenvalue weighted by Crippen LogP contribution is -2.22. The topological polar surface area (TPSA) is 43.4 Å². The summed E-state index contributed by atoms with van der Waals surface area (Å²) in [4.78, 5) is 4.21. The van der Waals surface area contributed by atoms with Crippen LogP contribution in [-0.2, 0) is 0 Å². The molecule has 1 N–H and O–H groups in total. The highest BCUT2D eigenvalue weighted by Crippen LogP contribution is 2.37. The predicted molar refractivity (Wildman–Crippen MR) is 87.0 cm³/mol. The summed E-state index contributed by atoms with van der Waals surface area (Å²) in [5.41, 5.74) is 2.19. The Morgan fingerprint density at radius 3 is 2.52 bits per heavy atom. The van der Waals surface area contributed by atoms with E-state index < -0.39 is 0 Å². The van der Waals surface area contributed by atoms with E-state index in [4.69, 9.17) is 9.47 Å². The first-order chi connectivity index (χ1) is 10.2. The molecule has 1 atom stereocenters. The second-order valence-electron chi connectivity index (χ2n) is 4.51. The zero-order valence-corrected chi connectivity index (χ0v) is 14.0. The molecule has 5 heteroatoms. The molecule has 112 valence electrons. The number of ether oxygens (including phenoxy) is 2. The maximum absolute atomic E-state index is 5.41. The lowest BCUT2D eigenvalue weighted by atomic mass is 9.99. The van der Waals surface area contributed by atoms with Crippen LogP contribution in [0, 0.1) is 0 Å². The molecule has 0 saturated heterocycles. The molecular formula is C16H19BrN2O2. The Bertz CT molecular complexity index is 590. The van der Waals surface area contributed by atoms with Crippen LogP contribution in [-0.4, -0.2) is 25.7 Å². The van der Waals surface area contributed by atoms with Crippen molar-refractivity contribution in [1.82, 2.24) is 10.3 Å². The summed E-state index contributed by atoms with van der Waals surface area (Å²) in [7, 11) is 3.27. The Morgan fingerprint density at radius 2 is 1.95 bits per heavy atom. The molecule has 1 aromatic heterocycles. The Labute approximate surface area is 133 Å². The number of halogens is 1. The van der Waals surface area contributed by atoms with Crippen molar-refractivity contribution >= 4 is 15.9 Å². The second kappa shape index (κ2) is 7.43. The third-order valence-corrected chi connectivity index (χ3v) is 3.93. The fourth-order valence-corrected chi connectivity index (χ4v) is 2.80. The van der Waals surface area contributed by atoms with Gasteiger partial charge in [0.15, 0.2) is 11.5 Å². The zero-order valence-electron chi connectivity index (χ0n) is 12.4. The monoisotopic (exact) mass is 350 g/mol. The molecule has 0 aliphatic carbocycles. The van der Waals surface area contributed by atoms with Crippen molar-refractivity contribution in [3.05, 3.63) is 52.3 Å². The quantitative estimate of drug-likeness (QED) is 0.864. The van der Waals surface area contributed by atoms with Gasteiger partial charge in [-0.05, 0) is 35.9 Å². The minimum atomic E-state index is 0.0397.